The van der Waals surface area contributed by atoms with Crippen molar-refractivity contribution in [2.45, 2.75) is 0 Å². The molecular formula is C20H13Cl3N2O2S. The smallest absolute Gasteiger partial charge is 0.250 e. The maximum absolute atomic E-state index is 12.0. The summed E-state index contributed by atoms with van der Waals surface area (Å²) in [6.45, 7) is 0. The van der Waals surface area contributed by atoms with Gasteiger partial charge in [0.2, 0.25) is 5.91 Å². The molecule has 1 amide bonds. The van der Waals surface area contributed by atoms with Gasteiger partial charge in [0.15, 0.2) is 5.11 Å². The van der Waals surface area contributed by atoms with E-state index in [9.17, 15) is 4.79 Å². The lowest BCUT2D eigenvalue weighted by Crippen LogP contribution is -2.32. The van der Waals surface area contributed by atoms with Crippen molar-refractivity contribution in [2.24, 2.45) is 0 Å². The quantitative estimate of drug-likeness (QED) is 0.354. The van der Waals surface area contributed by atoms with Gasteiger partial charge in [-0.15, -0.1) is 0 Å². The van der Waals surface area contributed by atoms with Gasteiger partial charge in [0, 0.05) is 21.7 Å². The van der Waals surface area contributed by atoms with Crippen LogP contribution in [0.2, 0.25) is 15.1 Å². The molecule has 8 heteroatoms. The molecule has 0 aliphatic heterocycles. The number of furan rings is 1. The Hall–Kier alpha value is -2.31. The second-order valence-electron chi connectivity index (χ2n) is 5.61. The van der Waals surface area contributed by atoms with Gasteiger partial charge < -0.3 is 9.73 Å². The van der Waals surface area contributed by atoms with Crippen molar-refractivity contribution in [1.82, 2.24) is 5.32 Å². The number of carbonyl (C=O) groups excluding carboxylic acids is 1. The minimum Gasteiger partial charge on any atom is -0.457 e. The number of halogens is 3. The van der Waals surface area contributed by atoms with Crippen molar-refractivity contribution in [1.29, 1.82) is 0 Å². The van der Waals surface area contributed by atoms with Gasteiger partial charge in [0.25, 0.3) is 0 Å². The lowest BCUT2D eigenvalue weighted by molar-refractivity contribution is -0.115. The summed E-state index contributed by atoms with van der Waals surface area (Å²) in [6.07, 6.45) is 2.86. The highest BCUT2D eigenvalue weighted by molar-refractivity contribution is 7.80. The van der Waals surface area contributed by atoms with E-state index in [2.05, 4.69) is 10.6 Å². The molecule has 0 unspecified atom stereocenters. The zero-order valence-electron chi connectivity index (χ0n) is 14.2. The van der Waals surface area contributed by atoms with Gasteiger partial charge >= 0.3 is 0 Å². The van der Waals surface area contributed by atoms with Crippen LogP contribution in [0, 0.1) is 0 Å². The minimum atomic E-state index is -0.417. The normalized spacial score (nSPS) is 10.8. The molecule has 142 valence electrons. The summed E-state index contributed by atoms with van der Waals surface area (Å²) in [5.41, 5.74) is 1.39. The number of anilines is 1. The molecule has 1 aromatic heterocycles. The lowest BCUT2D eigenvalue weighted by atomic mass is 10.2. The summed E-state index contributed by atoms with van der Waals surface area (Å²) in [4.78, 5) is 12.0. The monoisotopic (exact) mass is 450 g/mol. The van der Waals surface area contributed by atoms with Crippen molar-refractivity contribution in [2.75, 3.05) is 5.32 Å². The van der Waals surface area contributed by atoms with E-state index in [0.29, 0.717) is 32.3 Å². The van der Waals surface area contributed by atoms with Gasteiger partial charge in [0.1, 0.15) is 11.5 Å². The molecule has 0 fully saturated rings. The van der Waals surface area contributed by atoms with E-state index < -0.39 is 5.91 Å². The second kappa shape index (κ2) is 9.26. The maximum Gasteiger partial charge on any atom is 0.250 e. The Bertz CT molecular complexity index is 1050. The van der Waals surface area contributed by atoms with Crippen molar-refractivity contribution in [3.63, 3.8) is 0 Å². The molecule has 3 rings (SSSR count). The van der Waals surface area contributed by atoms with Crippen molar-refractivity contribution in [3.05, 3.63) is 81.5 Å². The summed E-state index contributed by atoms with van der Waals surface area (Å²) in [5, 5.41) is 7.03. The molecule has 0 saturated carbocycles. The zero-order valence-corrected chi connectivity index (χ0v) is 17.3. The fraction of sp³-hybridized carbons (Fsp3) is 0. The number of amides is 1. The van der Waals surface area contributed by atoms with E-state index in [1.165, 1.54) is 6.08 Å². The molecule has 0 radical (unpaired) electrons. The first kappa shape index (κ1) is 20.4. The molecular weight excluding hydrogens is 439 g/mol. The third-order valence-electron chi connectivity index (χ3n) is 3.57. The van der Waals surface area contributed by atoms with Crippen LogP contribution >= 0.6 is 47.0 Å². The molecule has 2 N–H and O–H groups in total. The number of thiocarbonyl (C=S) groups is 1. The van der Waals surface area contributed by atoms with Crippen LogP contribution in [0.3, 0.4) is 0 Å². The largest absolute Gasteiger partial charge is 0.457 e. The molecule has 28 heavy (non-hydrogen) atoms. The summed E-state index contributed by atoms with van der Waals surface area (Å²) >= 11 is 23.0. The molecule has 3 aromatic rings. The van der Waals surface area contributed by atoms with Gasteiger partial charge in [-0.05, 0) is 72.9 Å². The van der Waals surface area contributed by atoms with Crippen molar-refractivity contribution >= 4 is 69.8 Å². The second-order valence-corrected chi connectivity index (χ2v) is 7.30. The summed E-state index contributed by atoms with van der Waals surface area (Å²) in [7, 11) is 0. The zero-order chi connectivity index (χ0) is 20.1. The van der Waals surface area contributed by atoms with E-state index in [0.717, 1.165) is 5.56 Å². The Morgan fingerprint density at radius 3 is 2.43 bits per heavy atom. The molecule has 4 nitrogen and oxygen atoms in total. The predicted molar refractivity (Wildman–Crippen MR) is 119 cm³/mol. The lowest BCUT2D eigenvalue weighted by Gasteiger charge is -2.09. The first-order valence-corrected chi connectivity index (χ1v) is 9.56. The van der Waals surface area contributed by atoms with Crippen molar-refractivity contribution < 1.29 is 9.21 Å². The van der Waals surface area contributed by atoms with E-state index in [-0.39, 0.29) is 5.11 Å². The Balaban J connectivity index is 1.58. The topological polar surface area (TPSA) is 54.3 Å². The number of nitrogens with one attached hydrogen (secondary N) is 2. The van der Waals surface area contributed by atoms with Crippen LogP contribution in [0.15, 0.2) is 65.1 Å². The standard InChI is InChI=1S/C20H13Cl3N2O2S/c21-13-3-1-12(2-4-13)18-9-6-15(27-18)7-10-19(26)25-20(28)24-17-11-14(22)5-8-16(17)23/h1-11H,(H2,24,25,26,28). The highest BCUT2D eigenvalue weighted by Gasteiger charge is 2.07. The van der Waals surface area contributed by atoms with Crippen molar-refractivity contribution in [3.8, 4) is 11.3 Å². The SMILES string of the molecule is O=C(C=Cc1ccc(-c2ccc(Cl)cc2)o1)NC(=S)Nc1cc(Cl)ccc1Cl. The summed E-state index contributed by atoms with van der Waals surface area (Å²) in [6, 6.07) is 15.7. The Morgan fingerprint density at radius 2 is 1.68 bits per heavy atom. The van der Waals surface area contributed by atoms with E-state index in [1.54, 1.807) is 42.5 Å². The first-order chi connectivity index (χ1) is 13.4. The average Bonchev–Trinajstić information content (AvgIpc) is 3.12. The van der Waals surface area contributed by atoms with E-state index in [1.807, 2.05) is 18.2 Å². The number of hydrogen-bond acceptors (Lipinski definition) is 3. The van der Waals surface area contributed by atoms with Crippen LogP contribution in [-0.2, 0) is 4.79 Å². The predicted octanol–water partition coefficient (Wildman–Crippen LogP) is 6.43. The highest BCUT2D eigenvalue weighted by Crippen LogP contribution is 2.26. The van der Waals surface area contributed by atoms with Crippen LogP contribution in [0.5, 0.6) is 0 Å². The molecule has 0 aliphatic rings. The highest BCUT2D eigenvalue weighted by atomic mass is 35.5. The van der Waals surface area contributed by atoms with E-state index >= 15 is 0 Å². The van der Waals surface area contributed by atoms with Crippen LogP contribution in [0.25, 0.3) is 17.4 Å². The third-order valence-corrected chi connectivity index (χ3v) is 4.59. The van der Waals surface area contributed by atoms with Crippen LogP contribution in [-0.4, -0.2) is 11.0 Å². The minimum absolute atomic E-state index is 0.0973. The maximum atomic E-state index is 12.0. The molecule has 0 bridgehead atoms. The molecule has 2 aromatic carbocycles. The third kappa shape index (κ3) is 5.59. The number of rotatable bonds is 4. The van der Waals surface area contributed by atoms with E-state index in [4.69, 9.17) is 51.4 Å². The first-order valence-electron chi connectivity index (χ1n) is 8.01. The molecule has 0 atom stereocenters. The number of carbonyl (C=O) groups is 1. The van der Waals surface area contributed by atoms with Gasteiger partial charge in [-0.25, -0.2) is 0 Å². The fourth-order valence-corrected chi connectivity index (χ4v) is 2.94. The van der Waals surface area contributed by atoms with Gasteiger partial charge in [-0.1, -0.05) is 34.8 Å². The molecule has 0 aliphatic carbocycles. The number of hydrogen-bond donors (Lipinski definition) is 2. The van der Waals surface area contributed by atoms with Gasteiger partial charge in [-0.3, -0.25) is 10.1 Å². The molecule has 0 saturated heterocycles. The van der Waals surface area contributed by atoms with Gasteiger partial charge in [0.05, 0.1) is 10.7 Å². The van der Waals surface area contributed by atoms with Crippen LogP contribution in [0.1, 0.15) is 5.76 Å². The summed E-state index contributed by atoms with van der Waals surface area (Å²) in [5.74, 6) is 0.779. The fourth-order valence-electron chi connectivity index (χ4n) is 2.27. The summed E-state index contributed by atoms with van der Waals surface area (Å²) < 4.78 is 5.70. The average molecular weight is 452 g/mol. The number of benzene rings is 2. The van der Waals surface area contributed by atoms with Crippen LogP contribution in [0.4, 0.5) is 5.69 Å². The van der Waals surface area contributed by atoms with Gasteiger partial charge in [-0.2, -0.15) is 0 Å². The Labute approximate surface area is 182 Å². The van der Waals surface area contributed by atoms with Crippen LogP contribution < -0.4 is 10.6 Å². The molecule has 1 heterocycles. The Morgan fingerprint density at radius 1 is 0.964 bits per heavy atom. The Kier molecular flexibility index (Phi) is 6.75. The molecule has 0 spiro atoms.